The van der Waals surface area contributed by atoms with Gasteiger partial charge in [0, 0.05) is 12.4 Å². The molecular formula is C16H22N2O3S. The molecule has 0 heterocycles. The van der Waals surface area contributed by atoms with Crippen LogP contribution in [0.5, 0.6) is 0 Å². The Morgan fingerprint density at radius 2 is 1.82 bits per heavy atom. The van der Waals surface area contributed by atoms with E-state index in [0.717, 1.165) is 0 Å². The van der Waals surface area contributed by atoms with Crippen molar-refractivity contribution in [2.45, 2.75) is 17.1 Å². The Morgan fingerprint density at radius 3 is 2.23 bits per heavy atom. The van der Waals surface area contributed by atoms with Crippen LogP contribution in [0.25, 0.3) is 0 Å². The fourth-order valence-corrected chi connectivity index (χ4v) is 5.16. The summed E-state index contributed by atoms with van der Waals surface area (Å²) in [7, 11) is -2.29. The zero-order chi connectivity index (χ0) is 17.2. The number of nitrogens with zero attached hydrogens (tertiary/aromatic N) is 2. The monoisotopic (exact) mass is 322 g/mol. The van der Waals surface area contributed by atoms with Crippen molar-refractivity contribution in [3.8, 4) is 12.1 Å². The number of benzene rings is 1. The zero-order valence-electron chi connectivity index (χ0n) is 13.6. The summed E-state index contributed by atoms with van der Waals surface area (Å²) in [6, 6.07) is 8.64. The minimum atomic E-state index is -3.83. The first-order valence-electron chi connectivity index (χ1n) is 6.66. The van der Waals surface area contributed by atoms with Crippen LogP contribution in [0.15, 0.2) is 23.1 Å². The van der Waals surface area contributed by atoms with Crippen molar-refractivity contribution in [3.63, 3.8) is 0 Å². The minimum absolute atomic E-state index is 0.196. The lowest BCUT2D eigenvalue weighted by Crippen LogP contribution is -2.50. The van der Waals surface area contributed by atoms with E-state index in [2.05, 4.69) is 0 Å². The molecule has 120 valence electrons. The molecule has 0 radical (unpaired) electrons. The van der Waals surface area contributed by atoms with Crippen molar-refractivity contribution < 1.29 is 14.6 Å². The Kier molecular flexibility index (Phi) is 4.11. The van der Waals surface area contributed by atoms with Gasteiger partial charge >= 0.3 is 5.30 Å². The highest BCUT2D eigenvalue weighted by Gasteiger charge is 2.61. The number of hydrogen-bond acceptors (Lipinski definition) is 4. The number of carbonyl (C=O) groups is 1. The van der Waals surface area contributed by atoms with Gasteiger partial charge in [0.05, 0.1) is 17.7 Å². The van der Waals surface area contributed by atoms with Crippen LogP contribution in [0.4, 0.5) is 4.79 Å². The fraction of sp³-hybridized carbons (Fsp3) is 0.438. The van der Waals surface area contributed by atoms with Gasteiger partial charge in [-0.1, -0.05) is 6.92 Å². The number of nitriles is 2. The number of rotatable bonds is 4. The molecule has 0 fully saturated rings. The summed E-state index contributed by atoms with van der Waals surface area (Å²) in [5.41, 5.74) is 0.442. The first-order valence-corrected chi connectivity index (χ1v) is 10.4. The number of carboxylic acid groups (broad SMARTS) is 1. The van der Waals surface area contributed by atoms with Gasteiger partial charge in [-0.25, -0.2) is 4.79 Å². The lowest BCUT2D eigenvalue weighted by atomic mass is 10.1. The molecule has 1 aromatic rings. The third kappa shape index (κ3) is 2.25. The Bertz CT molecular complexity index is 717. The topological polar surface area (TPSA) is 94.1 Å². The van der Waals surface area contributed by atoms with Gasteiger partial charge in [-0.3, -0.25) is 0 Å². The van der Waals surface area contributed by atoms with Crippen molar-refractivity contribution in [1.82, 2.24) is 0 Å². The molecular weight excluding hydrogens is 300 g/mol. The van der Waals surface area contributed by atoms with Gasteiger partial charge in [0.1, 0.15) is 12.1 Å². The van der Waals surface area contributed by atoms with Gasteiger partial charge in [0.2, 0.25) is 0 Å². The third-order valence-corrected chi connectivity index (χ3v) is 11.9. The van der Waals surface area contributed by atoms with Crippen LogP contribution >= 0.6 is 8.29 Å². The van der Waals surface area contributed by atoms with E-state index in [1.807, 2.05) is 19.1 Å². The average Bonchev–Trinajstić information content (AvgIpc) is 2.46. The lowest BCUT2D eigenvalue weighted by Gasteiger charge is -2.71. The molecule has 5 nitrogen and oxygen atoms in total. The van der Waals surface area contributed by atoms with Crippen LogP contribution in [0.3, 0.4) is 0 Å². The van der Waals surface area contributed by atoms with Crippen LogP contribution in [0.1, 0.15) is 18.1 Å². The quantitative estimate of drug-likeness (QED) is 0.918. The van der Waals surface area contributed by atoms with Gasteiger partial charge in [0.15, 0.2) is 0 Å². The van der Waals surface area contributed by atoms with Crippen LogP contribution in [-0.4, -0.2) is 48.1 Å². The standard InChI is InChI=1S/C16H22N2O3S/c1-12(11-21-2)22(3,4,5,16(19)20)15-7-6-13(9-17)14(8-15)10-18/h6-8,12H,11H2,1-5H3,(H,19,20). The Hall–Kier alpha value is -2.02. The highest BCUT2D eigenvalue weighted by molar-refractivity contribution is 8.73. The second-order valence-electron chi connectivity index (χ2n) is 6.96. The molecule has 1 N–H and O–H groups in total. The van der Waals surface area contributed by atoms with Gasteiger partial charge in [0.25, 0.3) is 0 Å². The van der Waals surface area contributed by atoms with Crippen LogP contribution in [-0.2, 0) is 4.74 Å². The summed E-state index contributed by atoms with van der Waals surface area (Å²) in [6.45, 7) is 2.14. The van der Waals surface area contributed by atoms with Crippen LogP contribution in [0, 0.1) is 22.7 Å². The molecule has 0 amide bonds. The first-order chi connectivity index (χ1) is 9.98. The van der Waals surface area contributed by atoms with Crippen LogP contribution in [0.2, 0.25) is 0 Å². The van der Waals surface area contributed by atoms with E-state index in [0.29, 0.717) is 11.5 Å². The molecule has 6 heteroatoms. The molecule has 22 heavy (non-hydrogen) atoms. The second kappa shape index (κ2) is 5.01. The van der Waals surface area contributed by atoms with Crippen molar-refractivity contribution in [3.05, 3.63) is 29.3 Å². The molecule has 0 saturated carbocycles. The van der Waals surface area contributed by atoms with Crippen molar-refractivity contribution in [2.24, 2.45) is 0 Å². The fourth-order valence-electron chi connectivity index (χ4n) is 2.24. The molecule has 0 aromatic heterocycles. The largest absolute Gasteiger partial charge is 0.475 e. The molecule has 0 aliphatic carbocycles. The van der Waals surface area contributed by atoms with E-state index < -0.39 is 13.6 Å². The molecule has 1 atom stereocenters. The molecule has 0 saturated heterocycles. The first kappa shape index (κ1) is 18.0. The van der Waals surface area contributed by atoms with Crippen LogP contribution < -0.4 is 0 Å². The summed E-state index contributed by atoms with van der Waals surface area (Å²) >= 11 is 0. The predicted molar refractivity (Wildman–Crippen MR) is 88.9 cm³/mol. The Labute approximate surface area is 130 Å². The average molecular weight is 322 g/mol. The molecule has 0 spiro atoms. The summed E-state index contributed by atoms with van der Waals surface area (Å²) in [6.07, 6.45) is 5.28. The molecule has 0 aliphatic rings. The van der Waals surface area contributed by atoms with E-state index in [9.17, 15) is 15.2 Å². The lowest BCUT2D eigenvalue weighted by molar-refractivity contribution is 0.198. The highest BCUT2D eigenvalue weighted by atomic mass is 32.4. The van der Waals surface area contributed by atoms with Crippen molar-refractivity contribution in [1.29, 1.82) is 10.5 Å². The predicted octanol–water partition coefficient (Wildman–Crippen LogP) is 3.27. The SMILES string of the molecule is COCC(C)S(C)(C)(C)(C(=O)O)c1ccc(C#N)c(C#N)c1. The van der Waals surface area contributed by atoms with E-state index in [4.69, 9.17) is 10.00 Å². The summed E-state index contributed by atoms with van der Waals surface area (Å²) in [5.74, 6) is 0. The number of methoxy groups -OCH3 is 1. The van der Waals surface area contributed by atoms with Crippen molar-refractivity contribution in [2.75, 3.05) is 32.5 Å². The van der Waals surface area contributed by atoms with Gasteiger partial charge in [-0.05, 0) is 41.9 Å². The highest BCUT2D eigenvalue weighted by Crippen LogP contribution is 2.89. The van der Waals surface area contributed by atoms with E-state index in [-0.39, 0.29) is 16.4 Å². The Morgan fingerprint density at radius 1 is 1.27 bits per heavy atom. The third-order valence-electron chi connectivity index (χ3n) is 4.92. The normalized spacial score (nSPS) is 15.8. The zero-order valence-corrected chi connectivity index (χ0v) is 14.4. The molecule has 1 aromatic carbocycles. The van der Waals surface area contributed by atoms with E-state index in [1.54, 1.807) is 30.9 Å². The maximum Gasteiger partial charge on any atom is 0.337 e. The summed E-state index contributed by atoms with van der Waals surface area (Å²) < 4.78 is 5.20. The molecule has 0 bridgehead atoms. The van der Waals surface area contributed by atoms with Gasteiger partial charge in [-0.15, -0.1) is 0 Å². The molecule has 1 rings (SSSR count). The maximum atomic E-state index is 12.4. The van der Waals surface area contributed by atoms with Gasteiger partial charge < -0.3 is 9.84 Å². The van der Waals surface area contributed by atoms with E-state index in [1.165, 1.54) is 13.2 Å². The molecule has 0 aliphatic heterocycles. The van der Waals surface area contributed by atoms with Gasteiger partial charge in [-0.2, -0.15) is 18.8 Å². The maximum absolute atomic E-state index is 12.4. The summed E-state index contributed by atoms with van der Waals surface area (Å²) in [4.78, 5) is 13.0. The Balaban J connectivity index is 3.83. The smallest absolute Gasteiger partial charge is 0.337 e. The van der Waals surface area contributed by atoms with E-state index >= 15 is 0 Å². The minimum Gasteiger partial charge on any atom is -0.475 e. The number of ether oxygens (including phenoxy) is 1. The second-order valence-corrected chi connectivity index (χ2v) is 15.6. The summed E-state index contributed by atoms with van der Waals surface area (Å²) in [5, 5.41) is 27.2. The molecule has 1 unspecified atom stereocenters. The number of hydrogen-bond donors (Lipinski definition) is 1. The van der Waals surface area contributed by atoms with Crippen molar-refractivity contribution >= 4 is 13.6 Å².